The molecule has 4 aromatic rings. The van der Waals surface area contributed by atoms with Crippen molar-refractivity contribution in [3.05, 3.63) is 118 Å². The monoisotopic (exact) mass is 946 g/mol. The lowest BCUT2D eigenvalue weighted by atomic mass is 9.87. The van der Waals surface area contributed by atoms with Crippen molar-refractivity contribution in [1.82, 2.24) is 20.4 Å². The van der Waals surface area contributed by atoms with E-state index in [1.165, 1.54) is 24.3 Å². The van der Waals surface area contributed by atoms with Crippen molar-refractivity contribution >= 4 is 47.5 Å². The van der Waals surface area contributed by atoms with Crippen molar-refractivity contribution in [2.75, 3.05) is 39.3 Å². The molecule has 2 N–H and O–H groups in total. The van der Waals surface area contributed by atoms with E-state index in [4.69, 9.17) is 0 Å². The number of amides is 4. The van der Waals surface area contributed by atoms with E-state index in [0.717, 1.165) is 37.1 Å². The lowest BCUT2D eigenvalue weighted by Crippen LogP contribution is -2.29. The normalized spacial score (nSPS) is 14.7. The SMILES string of the molecule is CC(C)c1ccccc1-c1c(/C=C/C(=O)NCCCN2CCCC2=O)ccc(Sc2ccc(/C=C/C(=O)NCCCN3CCCC3=O)c(-c3ccccc3C(C)C)c2C(F)(F)F)c1C(F)(F)F. The molecule has 0 unspecified atom stereocenters. The number of alkyl halides is 6. The van der Waals surface area contributed by atoms with E-state index in [0.29, 0.717) is 74.8 Å². The van der Waals surface area contributed by atoms with Crippen LogP contribution in [-0.2, 0) is 31.5 Å². The van der Waals surface area contributed by atoms with Gasteiger partial charge in [0.2, 0.25) is 23.6 Å². The molecule has 0 bridgehead atoms. The molecule has 15 heteroatoms. The molecule has 2 heterocycles. The first-order valence-corrected chi connectivity index (χ1v) is 23.5. The van der Waals surface area contributed by atoms with Crippen LogP contribution in [0.4, 0.5) is 26.3 Å². The Kier molecular flexibility index (Phi) is 16.8. The van der Waals surface area contributed by atoms with Gasteiger partial charge in [-0.3, -0.25) is 19.2 Å². The van der Waals surface area contributed by atoms with E-state index in [2.05, 4.69) is 10.6 Å². The number of benzene rings is 4. The van der Waals surface area contributed by atoms with Gasteiger partial charge < -0.3 is 20.4 Å². The molecule has 0 saturated carbocycles. The van der Waals surface area contributed by atoms with Gasteiger partial charge in [0, 0.05) is 85.2 Å². The van der Waals surface area contributed by atoms with Gasteiger partial charge in [-0.2, -0.15) is 26.3 Å². The standard InChI is InChI=1S/C52H56F6N4O4S/c1-33(2)37-13-5-7-15-39(37)47-35(21-25-43(63)59-27-11-31-61-29-9-17-45(61)65)19-23-41(49(47)51(53,54)55)67-42-24-20-36(22-26-44(64)60-28-12-32-62-30-10-18-46(62)66)48(50(42)52(56,57)58)40-16-8-6-14-38(40)34(3)4/h5-8,13-16,19-26,33-34H,9-12,17-18,27-32H2,1-4H3,(H,59,63)(H,60,64)/b25-21+,26-22+. The van der Waals surface area contributed by atoms with Gasteiger partial charge in [-0.15, -0.1) is 0 Å². The van der Waals surface area contributed by atoms with Crippen LogP contribution in [0.25, 0.3) is 34.4 Å². The first-order valence-electron chi connectivity index (χ1n) is 22.7. The average Bonchev–Trinajstić information content (AvgIpc) is 3.90. The largest absolute Gasteiger partial charge is 0.418 e. The molecule has 6 rings (SSSR count). The molecule has 2 aliphatic heterocycles. The fourth-order valence-corrected chi connectivity index (χ4v) is 9.81. The number of hydrogen-bond donors (Lipinski definition) is 2. The van der Waals surface area contributed by atoms with Crippen LogP contribution in [0.3, 0.4) is 0 Å². The molecule has 0 spiro atoms. The van der Waals surface area contributed by atoms with Crippen LogP contribution in [0.5, 0.6) is 0 Å². The summed E-state index contributed by atoms with van der Waals surface area (Å²) in [5.41, 5.74) is -1.24. The van der Waals surface area contributed by atoms with E-state index < -0.39 is 45.1 Å². The maximum Gasteiger partial charge on any atom is 0.418 e. The molecule has 4 aromatic carbocycles. The number of likely N-dealkylation sites (tertiary alicyclic amines) is 2. The van der Waals surface area contributed by atoms with Gasteiger partial charge >= 0.3 is 12.4 Å². The Morgan fingerprint density at radius 1 is 0.612 bits per heavy atom. The van der Waals surface area contributed by atoms with Gasteiger partial charge in [0.15, 0.2) is 0 Å². The molecule has 356 valence electrons. The Morgan fingerprint density at radius 3 is 1.34 bits per heavy atom. The molecule has 0 radical (unpaired) electrons. The number of halogens is 6. The zero-order valence-electron chi connectivity index (χ0n) is 38.1. The van der Waals surface area contributed by atoms with E-state index in [1.54, 1.807) is 58.3 Å². The zero-order chi connectivity index (χ0) is 48.5. The van der Waals surface area contributed by atoms with Crippen molar-refractivity contribution < 1.29 is 45.5 Å². The second-order valence-corrected chi connectivity index (χ2v) is 18.4. The van der Waals surface area contributed by atoms with Crippen molar-refractivity contribution in [2.24, 2.45) is 0 Å². The highest BCUT2D eigenvalue weighted by Crippen LogP contribution is 2.52. The van der Waals surface area contributed by atoms with E-state index in [9.17, 15) is 19.2 Å². The quantitative estimate of drug-likeness (QED) is 0.0588. The van der Waals surface area contributed by atoms with Crippen LogP contribution in [0.1, 0.15) is 111 Å². The summed E-state index contributed by atoms with van der Waals surface area (Å²) in [6.45, 7) is 10.0. The third-order valence-corrected chi connectivity index (χ3v) is 13.0. The van der Waals surface area contributed by atoms with Gasteiger partial charge in [-0.25, -0.2) is 0 Å². The number of hydrogen-bond acceptors (Lipinski definition) is 5. The van der Waals surface area contributed by atoms with Crippen molar-refractivity contribution in [3.8, 4) is 22.3 Å². The van der Waals surface area contributed by atoms with Gasteiger partial charge in [0.05, 0.1) is 11.1 Å². The smallest absolute Gasteiger partial charge is 0.352 e. The number of rotatable bonds is 18. The summed E-state index contributed by atoms with van der Waals surface area (Å²) in [6.07, 6.45) is -1.81. The predicted molar refractivity (Wildman–Crippen MR) is 251 cm³/mol. The summed E-state index contributed by atoms with van der Waals surface area (Å²) < 4.78 is 94.8. The molecule has 0 aliphatic carbocycles. The summed E-state index contributed by atoms with van der Waals surface area (Å²) >= 11 is 0.352. The Morgan fingerprint density at radius 2 is 1.00 bits per heavy atom. The Balaban J connectivity index is 1.42. The molecule has 0 atom stereocenters. The third kappa shape index (κ3) is 12.8. The van der Waals surface area contributed by atoms with Gasteiger partial charge in [-0.1, -0.05) is 100 Å². The Hall–Kier alpha value is -5.83. The van der Waals surface area contributed by atoms with Gasteiger partial charge in [-0.05, 0) is 95.2 Å². The highest BCUT2D eigenvalue weighted by Gasteiger charge is 2.42. The molecule has 2 fully saturated rings. The minimum absolute atomic E-state index is 0.0356. The Labute approximate surface area is 392 Å². The summed E-state index contributed by atoms with van der Waals surface area (Å²) in [5.74, 6) is -1.51. The van der Waals surface area contributed by atoms with Gasteiger partial charge in [0.1, 0.15) is 0 Å². The lowest BCUT2D eigenvalue weighted by molar-refractivity contribution is -0.139. The van der Waals surface area contributed by atoms with Crippen LogP contribution in [0.2, 0.25) is 0 Å². The number of carbonyl (C=O) groups is 4. The minimum Gasteiger partial charge on any atom is -0.352 e. The summed E-state index contributed by atoms with van der Waals surface area (Å²) in [6, 6.07) is 18.1. The average molecular weight is 947 g/mol. The number of nitrogens with zero attached hydrogens (tertiary/aromatic N) is 2. The number of carbonyl (C=O) groups excluding carboxylic acids is 4. The molecule has 8 nitrogen and oxygen atoms in total. The van der Waals surface area contributed by atoms with Crippen LogP contribution < -0.4 is 10.6 Å². The van der Waals surface area contributed by atoms with Gasteiger partial charge in [0.25, 0.3) is 0 Å². The van der Waals surface area contributed by atoms with Crippen LogP contribution in [0, 0.1) is 0 Å². The molecule has 67 heavy (non-hydrogen) atoms. The molecular formula is C52H56F6N4O4S. The summed E-state index contributed by atoms with van der Waals surface area (Å²) in [7, 11) is 0. The van der Waals surface area contributed by atoms with Crippen LogP contribution >= 0.6 is 11.8 Å². The first kappa shape index (κ1) is 50.6. The predicted octanol–water partition coefficient (Wildman–Crippen LogP) is 11.7. The van der Waals surface area contributed by atoms with E-state index >= 15 is 26.3 Å². The maximum atomic E-state index is 15.8. The molecule has 4 amide bonds. The molecule has 0 aromatic heterocycles. The number of nitrogens with one attached hydrogen (secondary N) is 2. The second-order valence-electron chi connectivity index (χ2n) is 17.3. The zero-order valence-corrected chi connectivity index (χ0v) is 38.9. The lowest BCUT2D eigenvalue weighted by Gasteiger charge is -2.25. The molecular weight excluding hydrogens is 891 g/mol. The summed E-state index contributed by atoms with van der Waals surface area (Å²) in [5, 5.41) is 5.45. The van der Waals surface area contributed by atoms with E-state index in [1.807, 2.05) is 27.7 Å². The molecule has 2 saturated heterocycles. The Bertz CT molecular complexity index is 2340. The van der Waals surface area contributed by atoms with Crippen molar-refractivity contribution in [3.63, 3.8) is 0 Å². The fraction of sp³-hybridized carbons (Fsp3) is 0.385. The topological polar surface area (TPSA) is 98.8 Å². The maximum absolute atomic E-state index is 15.8. The first-order chi connectivity index (χ1) is 31.8. The van der Waals surface area contributed by atoms with Crippen LogP contribution in [-0.4, -0.2) is 72.7 Å². The second kappa shape index (κ2) is 22.3. The van der Waals surface area contributed by atoms with Crippen molar-refractivity contribution in [1.29, 1.82) is 0 Å². The summed E-state index contributed by atoms with van der Waals surface area (Å²) in [4.78, 5) is 52.4. The highest BCUT2D eigenvalue weighted by atomic mass is 32.2. The fourth-order valence-electron chi connectivity index (χ4n) is 8.66. The third-order valence-electron chi connectivity index (χ3n) is 11.9. The minimum atomic E-state index is -5.08. The highest BCUT2D eigenvalue weighted by molar-refractivity contribution is 7.99. The van der Waals surface area contributed by atoms with E-state index in [-0.39, 0.29) is 70.1 Å². The van der Waals surface area contributed by atoms with Crippen molar-refractivity contribution in [2.45, 2.75) is 100 Å². The van der Waals surface area contributed by atoms with Crippen LogP contribution in [0.15, 0.2) is 94.7 Å². The molecule has 2 aliphatic rings.